The molecule has 0 spiro atoms. The van der Waals surface area contributed by atoms with Crippen molar-refractivity contribution in [3.8, 4) is 0 Å². The number of piperazine rings is 1. The SMILES string of the molecule is CCC1C(=O)NC(=O)CN1c1nc(N)cc(Br)n1. The first-order chi connectivity index (χ1) is 8.51. The summed E-state index contributed by atoms with van der Waals surface area (Å²) >= 11 is 3.21. The van der Waals surface area contributed by atoms with E-state index in [1.165, 1.54) is 0 Å². The summed E-state index contributed by atoms with van der Waals surface area (Å²) < 4.78 is 0.512. The van der Waals surface area contributed by atoms with Crippen LogP contribution >= 0.6 is 15.9 Å². The normalized spacial score (nSPS) is 19.9. The van der Waals surface area contributed by atoms with Gasteiger partial charge in [-0.25, -0.2) is 4.98 Å². The Morgan fingerprint density at radius 3 is 2.89 bits per heavy atom. The highest BCUT2D eigenvalue weighted by Crippen LogP contribution is 2.20. The Morgan fingerprint density at radius 2 is 2.28 bits per heavy atom. The van der Waals surface area contributed by atoms with E-state index in [4.69, 9.17) is 5.73 Å². The number of nitrogens with two attached hydrogens (primary N) is 1. The van der Waals surface area contributed by atoms with Crippen molar-refractivity contribution in [2.45, 2.75) is 19.4 Å². The van der Waals surface area contributed by atoms with Crippen molar-refractivity contribution in [2.75, 3.05) is 17.2 Å². The zero-order chi connectivity index (χ0) is 13.3. The van der Waals surface area contributed by atoms with Crippen LogP contribution in [0, 0.1) is 0 Å². The molecule has 8 heteroatoms. The van der Waals surface area contributed by atoms with Crippen molar-refractivity contribution in [1.82, 2.24) is 15.3 Å². The molecule has 1 aromatic heterocycles. The van der Waals surface area contributed by atoms with Crippen LogP contribution in [0.1, 0.15) is 13.3 Å². The van der Waals surface area contributed by atoms with Gasteiger partial charge in [-0.05, 0) is 22.4 Å². The van der Waals surface area contributed by atoms with Crippen molar-refractivity contribution in [1.29, 1.82) is 0 Å². The highest BCUT2D eigenvalue weighted by atomic mass is 79.9. The maximum Gasteiger partial charge on any atom is 0.249 e. The Hall–Kier alpha value is -1.70. The molecular weight excluding hydrogens is 302 g/mol. The molecule has 18 heavy (non-hydrogen) atoms. The van der Waals surface area contributed by atoms with Gasteiger partial charge in [0, 0.05) is 6.07 Å². The number of nitrogen functional groups attached to an aromatic ring is 1. The molecule has 2 rings (SSSR count). The fourth-order valence-electron chi connectivity index (χ4n) is 1.83. The fourth-order valence-corrected chi connectivity index (χ4v) is 2.23. The van der Waals surface area contributed by atoms with Gasteiger partial charge < -0.3 is 10.6 Å². The molecule has 2 heterocycles. The number of halogens is 1. The van der Waals surface area contributed by atoms with Crippen LogP contribution in [-0.2, 0) is 9.59 Å². The molecule has 1 atom stereocenters. The number of carbonyl (C=O) groups is 2. The summed E-state index contributed by atoms with van der Waals surface area (Å²) in [6.07, 6.45) is 0.550. The molecule has 96 valence electrons. The number of carbonyl (C=O) groups excluding carboxylic acids is 2. The third kappa shape index (κ3) is 2.42. The lowest BCUT2D eigenvalue weighted by molar-refractivity contribution is -0.133. The second-order valence-corrected chi connectivity index (χ2v) is 4.69. The zero-order valence-electron chi connectivity index (χ0n) is 9.68. The smallest absolute Gasteiger partial charge is 0.249 e. The van der Waals surface area contributed by atoms with E-state index in [2.05, 4.69) is 31.2 Å². The molecule has 0 aromatic carbocycles. The number of rotatable bonds is 2. The molecule has 2 amide bonds. The highest BCUT2D eigenvalue weighted by Gasteiger charge is 2.34. The lowest BCUT2D eigenvalue weighted by Crippen LogP contribution is -2.58. The Morgan fingerprint density at radius 1 is 1.56 bits per heavy atom. The van der Waals surface area contributed by atoms with Crippen molar-refractivity contribution in [3.63, 3.8) is 0 Å². The van der Waals surface area contributed by atoms with Crippen LogP contribution in [0.5, 0.6) is 0 Å². The molecule has 1 aliphatic rings. The van der Waals surface area contributed by atoms with Gasteiger partial charge in [-0.1, -0.05) is 6.92 Å². The lowest BCUT2D eigenvalue weighted by atomic mass is 10.1. The first kappa shape index (κ1) is 12.7. The minimum Gasteiger partial charge on any atom is -0.383 e. The van der Waals surface area contributed by atoms with Crippen molar-refractivity contribution in [2.24, 2.45) is 0 Å². The fraction of sp³-hybridized carbons (Fsp3) is 0.400. The van der Waals surface area contributed by atoms with Gasteiger partial charge in [0.25, 0.3) is 0 Å². The van der Waals surface area contributed by atoms with Crippen molar-refractivity contribution >= 4 is 39.5 Å². The van der Waals surface area contributed by atoms with Crippen LogP contribution in [0.15, 0.2) is 10.7 Å². The number of hydrogen-bond donors (Lipinski definition) is 2. The molecule has 0 aliphatic carbocycles. The molecule has 0 saturated carbocycles. The summed E-state index contributed by atoms with van der Waals surface area (Å²) in [5.41, 5.74) is 5.63. The van der Waals surface area contributed by atoms with Crippen LogP contribution < -0.4 is 16.0 Å². The first-order valence-electron chi connectivity index (χ1n) is 5.41. The average molecular weight is 314 g/mol. The van der Waals surface area contributed by atoms with Gasteiger partial charge in [-0.2, -0.15) is 4.98 Å². The van der Waals surface area contributed by atoms with Gasteiger partial charge in [0.2, 0.25) is 17.8 Å². The number of hydrogen-bond acceptors (Lipinski definition) is 6. The van der Waals surface area contributed by atoms with E-state index in [9.17, 15) is 9.59 Å². The second-order valence-electron chi connectivity index (χ2n) is 3.88. The monoisotopic (exact) mass is 313 g/mol. The third-order valence-electron chi connectivity index (χ3n) is 2.60. The lowest BCUT2D eigenvalue weighted by Gasteiger charge is -2.33. The Kier molecular flexibility index (Phi) is 3.46. The summed E-state index contributed by atoms with van der Waals surface area (Å²) in [5.74, 6) is -0.153. The van der Waals surface area contributed by atoms with Gasteiger partial charge in [-0.15, -0.1) is 0 Å². The molecule has 1 unspecified atom stereocenters. The van der Waals surface area contributed by atoms with E-state index >= 15 is 0 Å². The number of nitrogens with one attached hydrogen (secondary N) is 1. The van der Waals surface area contributed by atoms with E-state index in [1.54, 1.807) is 11.0 Å². The summed E-state index contributed by atoms with van der Waals surface area (Å²) in [4.78, 5) is 32.9. The quantitative estimate of drug-likeness (QED) is 0.591. The molecular formula is C10H12BrN5O2. The predicted molar refractivity (Wildman–Crippen MR) is 68.7 cm³/mol. The molecule has 3 N–H and O–H groups in total. The maximum absolute atomic E-state index is 11.7. The van der Waals surface area contributed by atoms with Crippen molar-refractivity contribution < 1.29 is 9.59 Å². The number of aromatic nitrogens is 2. The number of nitrogens with zero attached hydrogens (tertiary/aromatic N) is 3. The van der Waals surface area contributed by atoms with Crippen LogP contribution in [-0.4, -0.2) is 34.4 Å². The Bertz CT molecular complexity index is 487. The van der Waals surface area contributed by atoms with Crippen LogP contribution in [0.4, 0.5) is 11.8 Å². The van der Waals surface area contributed by atoms with E-state index in [-0.39, 0.29) is 30.1 Å². The highest BCUT2D eigenvalue weighted by molar-refractivity contribution is 9.10. The minimum absolute atomic E-state index is 0.0418. The van der Waals surface area contributed by atoms with Gasteiger partial charge in [0.15, 0.2) is 0 Å². The van der Waals surface area contributed by atoms with Crippen molar-refractivity contribution in [3.05, 3.63) is 10.7 Å². The second kappa shape index (κ2) is 4.89. The van der Waals surface area contributed by atoms with E-state index in [1.807, 2.05) is 6.92 Å². The summed E-state index contributed by atoms with van der Waals surface area (Å²) in [6.45, 7) is 1.90. The first-order valence-corrected chi connectivity index (χ1v) is 6.21. The minimum atomic E-state index is -0.462. The van der Waals surface area contributed by atoms with Gasteiger partial charge >= 0.3 is 0 Å². The van der Waals surface area contributed by atoms with E-state index in [0.717, 1.165) is 0 Å². The Labute approximate surface area is 112 Å². The average Bonchev–Trinajstić information content (AvgIpc) is 2.26. The van der Waals surface area contributed by atoms with E-state index in [0.29, 0.717) is 11.0 Å². The molecule has 1 saturated heterocycles. The number of anilines is 2. The predicted octanol–water partition coefficient (Wildman–Crippen LogP) is 0.0627. The van der Waals surface area contributed by atoms with E-state index < -0.39 is 6.04 Å². The number of amides is 2. The van der Waals surface area contributed by atoms with Gasteiger partial charge in [-0.3, -0.25) is 14.9 Å². The van der Waals surface area contributed by atoms with Crippen LogP contribution in [0.3, 0.4) is 0 Å². The molecule has 1 aromatic rings. The van der Waals surface area contributed by atoms with Crippen LogP contribution in [0.25, 0.3) is 0 Å². The summed E-state index contributed by atoms with van der Waals surface area (Å²) in [7, 11) is 0. The largest absolute Gasteiger partial charge is 0.383 e. The number of imide groups is 1. The molecule has 1 fully saturated rings. The zero-order valence-corrected chi connectivity index (χ0v) is 11.3. The summed E-state index contributed by atoms with van der Waals surface area (Å²) in [6, 6.07) is 1.09. The third-order valence-corrected chi connectivity index (χ3v) is 3.01. The topological polar surface area (TPSA) is 101 Å². The Balaban J connectivity index is 2.39. The van der Waals surface area contributed by atoms with Crippen LogP contribution in [0.2, 0.25) is 0 Å². The standard InChI is InChI=1S/C10H12BrN5O2/c1-2-5-9(18)15-8(17)4-16(5)10-13-6(11)3-7(12)14-10/h3,5H,2,4H2,1H3,(H2,12,13,14)(H,15,17,18). The summed E-state index contributed by atoms with van der Waals surface area (Å²) in [5, 5.41) is 2.29. The van der Waals surface area contributed by atoms with Gasteiger partial charge in [0.1, 0.15) is 23.0 Å². The molecule has 1 aliphatic heterocycles. The molecule has 0 radical (unpaired) electrons. The molecule has 0 bridgehead atoms. The molecule has 7 nitrogen and oxygen atoms in total. The maximum atomic E-state index is 11.7. The van der Waals surface area contributed by atoms with Gasteiger partial charge in [0.05, 0.1) is 0 Å².